The van der Waals surface area contributed by atoms with Gasteiger partial charge in [0.05, 0.1) is 7.11 Å². The highest BCUT2D eigenvalue weighted by Crippen LogP contribution is 2.25. The molecule has 0 spiro atoms. The summed E-state index contributed by atoms with van der Waals surface area (Å²) >= 11 is 0. The molecular weight excluding hydrogens is 246 g/mol. The van der Waals surface area contributed by atoms with Crippen LogP contribution in [0, 0.1) is 13.8 Å². The number of rotatable bonds is 4. The molecule has 0 aliphatic rings. The standard InChI is InChI=1S/C18H23NO/c1-13-5-8-16(11-14(13)2)18(3,19)12-15-6-9-17(20-4)10-7-15/h5-11H,12,19H2,1-4H3. The van der Waals surface area contributed by atoms with Crippen molar-refractivity contribution in [3.05, 3.63) is 64.7 Å². The highest BCUT2D eigenvalue weighted by atomic mass is 16.5. The number of nitrogens with two attached hydrogens (primary N) is 1. The first-order chi connectivity index (χ1) is 9.42. The van der Waals surface area contributed by atoms with E-state index in [2.05, 4.69) is 51.1 Å². The van der Waals surface area contributed by atoms with Gasteiger partial charge in [-0.2, -0.15) is 0 Å². The maximum Gasteiger partial charge on any atom is 0.118 e. The van der Waals surface area contributed by atoms with Crippen molar-refractivity contribution in [2.45, 2.75) is 32.7 Å². The molecule has 0 saturated carbocycles. The lowest BCUT2D eigenvalue weighted by atomic mass is 9.85. The third-order valence-electron chi connectivity index (χ3n) is 3.90. The van der Waals surface area contributed by atoms with Crippen molar-refractivity contribution in [1.82, 2.24) is 0 Å². The zero-order valence-corrected chi connectivity index (χ0v) is 12.7. The summed E-state index contributed by atoms with van der Waals surface area (Å²) in [5, 5.41) is 0. The summed E-state index contributed by atoms with van der Waals surface area (Å²) < 4.78 is 5.18. The number of methoxy groups -OCH3 is 1. The Morgan fingerprint density at radius 3 is 2.20 bits per heavy atom. The van der Waals surface area contributed by atoms with Crippen LogP contribution < -0.4 is 10.5 Å². The molecule has 0 saturated heterocycles. The Hall–Kier alpha value is -1.80. The first-order valence-electron chi connectivity index (χ1n) is 6.92. The van der Waals surface area contributed by atoms with Gasteiger partial charge in [-0.25, -0.2) is 0 Å². The molecule has 106 valence electrons. The van der Waals surface area contributed by atoms with E-state index in [4.69, 9.17) is 10.5 Å². The van der Waals surface area contributed by atoms with E-state index in [1.165, 1.54) is 22.3 Å². The second-order valence-corrected chi connectivity index (χ2v) is 5.74. The first-order valence-corrected chi connectivity index (χ1v) is 6.92. The predicted octanol–water partition coefficient (Wildman–Crippen LogP) is 3.73. The van der Waals surface area contributed by atoms with Crippen molar-refractivity contribution < 1.29 is 4.74 Å². The summed E-state index contributed by atoms with van der Waals surface area (Å²) in [6.07, 6.45) is 0.805. The Bertz CT molecular complexity index is 585. The fourth-order valence-electron chi connectivity index (χ4n) is 2.37. The van der Waals surface area contributed by atoms with Crippen molar-refractivity contribution in [3.63, 3.8) is 0 Å². The smallest absolute Gasteiger partial charge is 0.118 e. The van der Waals surface area contributed by atoms with E-state index in [0.717, 1.165) is 12.2 Å². The highest BCUT2D eigenvalue weighted by Gasteiger charge is 2.22. The first kappa shape index (κ1) is 14.6. The summed E-state index contributed by atoms with van der Waals surface area (Å²) in [7, 11) is 1.68. The van der Waals surface area contributed by atoms with Crippen LogP contribution >= 0.6 is 0 Å². The van der Waals surface area contributed by atoms with Gasteiger partial charge in [-0.3, -0.25) is 0 Å². The van der Waals surface area contributed by atoms with E-state index in [-0.39, 0.29) is 5.54 Å². The molecule has 1 unspecified atom stereocenters. The molecule has 2 nitrogen and oxygen atoms in total. The van der Waals surface area contributed by atoms with Gasteiger partial charge in [0.2, 0.25) is 0 Å². The van der Waals surface area contributed by atoms with Gasteiger partial charge >= 0.3 is 0 Å². The van der Waals surface area contributed by atoms with Crippen molar-refractivity contribution in [2.75, 3.05) is 7.11 Å². The SMILES string of the molecule is COc1ccc(CC(C)(N)c2ccc(C)c(C)c2)cc1. The van der Waals surface area contributed by atoms with Crippen LogP contribution in [0.2, 0.25) is 0 Å². The summed E-state index contributed by atoms with van der Waals surface area (Å²) in [4.78, 5) is 0. The van der Waals surface area contributed by atoms with Crippen molar-refractivity contribution in [2.24, 2.45) is 5.73 Å². The van der Waals surface area contributed by atoms with E-state index in [1.54, 1.807) is 7.11 Å². The largest absolute Gasteiger partial charge is 0.497 e. The van der Waals surface area contributed by atoms with Gasteiger partial charge in [0.15, 0.2) is 0 Å². The Morgan fingerprint density at radius 2 is 1.65 bits per heavy atom. The zero-order chi connectivity index (χ0) is 14.8. The summed E-state index contributed by atoms with van der Waals surface area (Å²) in [6.45, 7) is 6.33. The van der Waals surface area contributed by atoms with Crippen LogP contribution in [0.25, 0.3) is 0 Å². The van der Waals surface area contributed by atoms with Gasteiger partial charge in [0, 0.05) is 5.54 Å². The number of benzene rings is 2. The van der Waals surface area contributed by atoms with Crippen molar-refractivity contribution in [1.29, 1.82) is 0 Å². The minimum Gasteiger partial charge on any atom is -0.497 e. The molecule has 0 bridgehead atoms. The van der Waals surface area contributed by atoms with Crippen LogP contribution in [0.1, 0.15) is 29.2 Å². The highest BCUT2D eigenvalue weighted by molar-refractivity contribution is 5.36. The Kier molecular flexibility index (Phi) is 4.15. The van der Waals surface area contributed by atoms with Gasteiger partial charge < -0.3 is 10.5 Å². The van der Waals surface area contributed by atoms with Crippen LogP contribution in [0.3, 0.4) is 0 Å². The van der Waals surface area contributed by atoms with Gasteiger partial charge in [-0.15, -0.1) is 0 Å². The quantitative estimate of drug-likeness (QED) is 0.918. The molecule has 2 aromatic carbocycles. The molecule has 1 atom stereocenters. The third kappa shape index (κ3) is 3.20. The maximum atomic E-state index is 6.53. The van der Waals surface area contributed by atoms with Crippen LogP contribution in [0.4, 0.5) is 0 Å². The van der Waals surface area contributed by atoms with E-state index < -0.39 is 0 Å². The molecule has 0 radical (unpaired) electrons. The fraction of sp³-hybridized carbons (Fsp3) is 0.333. The van der Waals surface area contributed by atoms with E-state index in [0.29, 0.717) is 0 Å². The van der Waals surface area contributed by atoms with E-state index >= 15 is 0 Å². The zero-order valence-electron chi connectivity index (χ0n) is 12.7. The van der Waals surface area contributed by atoms with Gasteiger partial charge in [-0.05, 0) is 61.6 Å². The molecule has 0 fully saturated rings. The average molecular weight is 269 g/mol. The van der Waals surface area contributed by atoms with E-state index in [9.17, 15) is 0 Å². The number of hydrogen-bond donors (Lipinski definition) is 1. The van der Waals surface area contributed by atoms with Crippen molar-refractivity contribution >= 4 is 0 Å². The van der Waals surface area contributed by atoms with Gasteiger partial charge in [-0.1, -0.05) is 30.3 Å². The van der Waals surface area contributed by atoms with Gasteiger partial charge in [0.1, 0.15) is 5.75 Å². The molecule has 2 heteroatoms. The fourth-order valence-corrected chi connectivity index (χ4v) is 2.37. The summed E-state index contributed by atoms with van der Waals surface area (Å²) in [6, 6.07) is 14.6. The monoisotopic (exact) mass is 269 g/mol. The topological polar surface area (TPSA) is 35.2 Å². The molecule has 2 aromatic rings. The maximum absolute atomic E-state index is 6.53. The minimum atomic E-state index is -0.368. The number of ether oxygens (including phenoxy) is 1. The normalized spacial score (nSPS) is 13.8. The second kappa shape index (κ2) is 5.68. The number of hydrogen-bond acceptors (Lipinski definition) is 2. The van der Waals surface area contributed by atoms with Crippen LogP contribution in [-0.2, 0) is 12.0 Å². The summed E-state index contributed by atoms with van der Waals surface area (Å²) in [5.74, 6) is 0.874. The molecule has 0 aliphatic carbocycles. The third-order valence-corrected chi connectivity index (χ3v) is 3.90. The Morgan fingerprint density at radius 1 is 1.00 bits per heavy atom. The van der Waals surface area contributed by atoms with E-state index in [1.807, 2.05) is 12.1 Å². The van der Waals surface area contributed by atoms with Gasteiger partial charge in [0.25, 0.3) is 0 Å². The molecule has 0 aromatic heterocycles. The lowest BCUT2D eigenvalue weighted by Crippen LogP contribution is -2.35. The molecule has 0 aliphatic heterocycles. The Labute approximate surface area is 121 Å². The lowest BCUT2D eigenvalue weighted by Gasteiger charge is -2.26. The van der Waals surface area contributed by atoms with Crippen molar-refractivity contribution in [3.8, 4) is 5.75 Å². The molecule has 2 N–H and O–H groups in total. The number of aryl methyl sites for hydroxylation is 2. The van der Waals surface area contributed by atoms with Crippen LogP contribution in [0.5, 0.6) is 5.75 Å². The molecule has 0 heterocycles. The molecular formula is C18H23NO. The van der Waals surface area contributed by atoms with Crippen LogP contribution in [0.15, 0.2) is 42.5 Å². The minimum absolute atomic E-state index is 0.368. The Balaban J connectivity index is 2.22. The second-order valence-electron chi connectivity index (χ2n) is 5.74. The average Bonchev–Trinajstić information content (AvgIpc) is 2.42. The molecule has 20 heavy (non-hydrogen) atoms. The summed E-state index contributed by atoms with van der Waals surface area (Å²) in [5.41, 5.74) is 11.1. The molecule has 2 rings (SSSR count). The van der Waals surface area contributed by atoms with Crippen LogP contribution in [-0.4, -0.2) is 7.11 Å². The molecule has 0 amide bonds. The lowest BCUT2D eigenvalue weighted by molar-refractivity contribution is 0.414. The predicted molar refractivity (Wildman–Crippen MR) is 84.2 cm³/mol.